The van der Waals surface area contributed by atoms with Gasteiger partial charge in [-0.3, -0.25) is 0 Å². The van der Waals surface area contributed by atoms with Gasteiger partial charge < -0.3 is 0 Å². The molecule has 2 atom stereocenters. The predicted octanol–water partition coefficient (Wildman–Crippen LogP) is 3.65. The number of sulfone groups is 3. The third-order valence-electron chi connectivity index (χ3n) is 7.28. The number of benzene rings is 2. The summed E-state index contributed by atoms with van der Waals surface area (Å²) in [4.78, 5) is 17.3. The molecule has 0 amide bonds. The van der Waals surface area contributed by atoms with Crippen LogP contribution in [0.15, 0.2) is 93.2 Å². The molecule has 2 aromatic heterocycles. The molecule has 0 bridgehead atoms. The topological polar surface area (TPSA) is 154 Å². The Morgan fingerprint density at radius 2 is 0.976 bits per heavy atom. The van der Waals surface area contributed by atoms with Crippen molar-refractivity contribution >= 4 is 41.3 Å². The molecule has 0 radical (unpaired) electrons. The highest BCUT2D eigenvalue weighted by Crippen LogP contribution is 2.66. The summed E-state index contributed by atoms with van der Waals surface area (Å²) < 4.78 is 75.6. The smallest absolute Gasteiger partial charge is 0.227 e. The molecule has 42 heavy (non-hydrogen) atoms. The van der Waals surface area contributed by atoms with E-state index < -0.39 is 40.6 Å². The Kier molecular flexibility index (Phi) is 8.02. The minimum atomic E-state index is -3.96. The Morgan fingerprint density at radius 1 is 0.548 bits per heavy atom. The van der Waals surface area contributed by atoms with Gasteiger partial charge in [-0.25, -0.2) is 45.2 Å². The normalized spacial score (nSPS) is 21.0. The zero-order chi connectivity index (χ0) is 30.4. The minimum absolute atomic E-state index is 0.0975. The molecule has 1 fully saturated rings. The summed E-state index contributed by atoms with van der Waals surface area (Å²) >= 11 is 1.23. The molecule has 0 N–H and O–H groups in total. The second-order valence-corrected chi connectivity index (χ2v) is 16.9. The first-order chi connectivity index (χ1) is 19.7. The summed E-state index contributed by atoms with van der Waals surface area (Å²) in [5, 5.41) is -0.759. The average Bonchev–Trinajstić information content (AvgIpc) is 2.92. The fourth-order valence-corrected chi connectivity index (χ4v) is 7.70. The summed E-state index contributed by atoms with van der Waals surface area (Å²) in [5.74, 6) is -1.63. The first kappa shape index (κ1) is 30.3. The number of rotatable bonds is 8. The Morgan fingerprint density at radius 3 is 1.38 bits per heavy atom. The molecule has 10 nitrogen and oxygen atoms in total. The molecule has 0 unspecified atom stereocenters. The van der Waals surface area contributed by atoms with Crippen LogP contribution in [0.2, 0.25) is 0 Å². The van der Waals surface area contributed by atoms with Crippen molar-refractivity contribution in [2.24, 2.45) is 0 Å². The summed E-state index contributed by atoms with van der Waals surface area (Å²) in [6.45, 7) is 0. The second-order valence-electron chi connectivity index (χ2n) is 10.3. The van der Waals surface area contributed by atoms with E-state index in [2.05, 4.69) is 15.0 Å². The van der Waals surface area contributed by atoms with Crippen molar-refractivity contribution < 1.29 is 25.3 Å². The van der Waals surface area contributed by atoms with Crippen LogP contribution in [0.3, 0.4) is 0 Å². The van der Waals surface area contributed by atoms with Gasteiger partial charge in [-0.2, -0.15) is 0 Å². The van der Waals surface area contributed by atoms with E-state index in [0.29, 0.717) is 10.9 Å². The van der Waals surface area contributed by atoms with Crippen LogP contribution in [0.4, 0.5) is 0 Å². The van der Waals surface area contributed by atoms with Gasteiger partial charge in [0.1, 0.15) is 0 Å². The van der Waals surface area contributed by atoms with Crippen LogP contribution in [0.1, 0.15) is 46.2 Å². The molecule has 1 aliphatic rings. The van der Waals surface area contributed by atoms with E-state index in [-0.39, 0.29) is 33.5 Å². The van der Waals surface area contributed by atoms with Crippen molar-refractivity contribution in [1.82, 2.24) is 19.9 Å². The Labute approximate surface area is 249 Å². The van der Waals surface area contributed by atoms with Crippen LogP contribution in [0.5, 0.6) is 0 Å². The Balaban J connectivity index is 1.82. The molecular weight excluding hydrogens is 617 g/mol. The Bertz CT molecular complexity index is 1870. The van der Waals surface area contributed by atoms with Crippen molar-refractivity contribution in [2.75, 3.05) is 25.0 Å². The lowest BCUT2D eigenvalue weighted by Gasteiger charge is -2.52. The lowest BCUT2D eigenvalue weighted by Crippen LogP contribution is -2.41. The first-order valence-electron chi connectivity index (χ1n) is 12.7. The highest BCUT2D eigenvalue weighted by Gasteiger charge is 2.54. The molecular formula is C28H28N4O6S4. The SMILES string of the molecule is CSc1nc(S(C)(=O)=O)cc([C@H]2[C@@H](c3ccccc3)[C@@H](c3cc(S(C)(=O)=O)nc(S(C)(=O)=O)n3)[C@@H]2c2ccccc2)n1. The maximum Gasteiger partial charge on any atom is 0.248 e. The second kappa shape index (κ2) is 11.1. The van der Waals surface area contributed by atoms with Gasteiger partial charge in [0.2, 0.25) is 15.0 Å². The lowest BCUT2D eigenvalue weighted by atomic mass is 9.50. The Hall–Kier alpha value is -3.20. The van der Waals surface area contributed by atoms with Gasteiger partial charge in [-0.05, 0) is 29.5 Å². The van der Waals surface area contributed by atoms with Gasteiger partial charge in [0, 0.05) is 42.4 Å². The molecule has 0 aliphatic heterocycles. The number of nitrogens with zero attached hydrogens (tertiary/aromatic N) is 4. The number of hydrogen-bond donors (Lipinski definition) is 0. The van der Waals surface area contributed by atoms with Crippen LogP contribution in [0, 0.1) is 0 Å². The van der Waals surface area contributed by atoms with Crippen molar-refractivity contribution in [3.05, 3.63) is 95.3 Å². The third-order valence-corrected chi connectivity index (χ3v) is 10.6. The fraction of sp³-hybridized carbons (Fsp3) is 0.286. The van der Waals surface area contributed by atoms with Crippen LogP contribution in [-0.4, -0.2) is 70.2 Å². The monoisotopic (exact) mass is 644 g/mol. The maximum absolute atomic E-state index is 12.6. The highest BCUT2D eigenvalue weighted by atomic mass is 32.2. The summed E-state index contributed by atoms with van der Waals surface area (Å²) in [5.41, 5.74) is 2.53. The fourth-order valence-electron chi connectivity index (χ4n) is 5.48. The van der Waals surface area contributed by atoms with E-state index >= 15 is 0 Å². The average molecular weight is 645 g/mol. The zero-order valence-corrected chi connectivity index (χ0v) is 26.4. The molecule has 5 rings (SSSR count). The summed E-state index contributed by atoms with van der Waals surface area (Å²) in [7, 11) is -11.5. The standard InChI is InChI=1S/C28H28N4O6S4/c1-39-27-29-19(15-21(31-27)40(2,33)34)25-23(17-11-7-5-8-12-17)26(24(25)18-13-9-6-10-14-18)20-16-22(41(3,35)36)32-28(30-20)42(4,37)38/h5-16,23-26H,1-4H3/t23-,24-,25-,26+/m1/s1. The highest BCUT2D eigenvalue weighted by molar-refractivity contribution is 7.98. The van der Waals surface area contributed by atoms with E-state index in [1.807, 2.05) is 60.7 Å². The van der Waals surface area contributed by atoms with E-state index in [4.69, 9.17) is 4.98 Å². The van der Waals surface area contributed by atoms with E-state index in [0.717, 1.165) is 29.9 Å². The molecule has 4 aromatic rings. The summed E-state index contributed by atoms with van der Waals surface area (Å²) in [6, 6.07) is 21.8. The van der Waals surface area contributed by atoms with Crippen LogP contribution < -0.4 is 0 Å². The molecule has 220 valence electrons. The van der Waals surface area contributed by atoms with Crippen molar-refractivity contribution in [2.45, 2.75) is 44.0 Å². The maximum atomic E-state index is 12.6. The van der Waals surface area contributed by atoms with Crippen LogP contribution >= 0.6 is 11.8 Å². The predicted molar refractivity (Wildman–Crippen MR) is 159 cm³/mol. The number of aromatic nitrogens is 4. The van der Waals surface area contributed by atoms with E-state index in [1.54, 1.807) is 6.26 Å². The van der Waals surface area contributed by atoms with E-state index in [1.165, 1.54) is 23.9 Å². The van der Waals surface area contributed by atoms with Crippen molar-refractivity contribution in [3.8, 4) is 0 Å². The molecule has 1 saturated carbocycles. The number of thioether (sulfide) groups is 1. The molecule has 2 heterocycles. The van der Waals surface area contributed by atoms with Gasteiger partial charge in [0.05, 0.1) is 11.4 Å². The first-order valence-corrected chi connectivity index (χ1v) is 19.6. The third kappa shape index (κ3) is 5.98. The molecule has 14 heteroatoms. The lowest BCUT2D eigenvalue weighted by molar-refractivity contribution is 0.217. The number of hydrogen-bond acceptors (Lipinski definition) is 11. The molecule has 1 aliphatic carbocycles. The van der Waals surface area contributed by atoms with Gasteiger partial charge in [-0.15, -0.1) is 0 Å². The molecule has 0 spiro atoms. The summed E-state index contributed by atoms with van der Waals surface area (Å²) in [6.07, 6.45) is 4.76. The van der Waals surface area contributed by atoms with Crippen LogP contribution in [0.25, 0.3) is 0 Å². The minimum Gasteiger partial charge on any atom is -0.227 e. The van der Waals surface area contributed by atoms with Gasteiger partial charge in [0.25, 0.3) is 0 Å². The van der Waals surface area contributed by atoms with Gasteiger partial charge in [-0.1, -0.05) is 72.4 Å². The molecule has 0 saturated heterocycles. The molecule has 2 aromatic carbocycles. The van der Waals surface area contributed by atoms with E-state index in [9.17, 15) is 25.3 Å². The van der Waals surface area contributed by atoms with Gasteiger partial charge in [0.15, 0.2) is 34.9 Å². The van der Waals surface area contributed by atoms with Crippen LogP contribution in [-0.2, 0) is 29.5 Å². The van der Waals surface area contributed by atoms with Crippen molar-refractivity contribution in [3.63, 3.8) is 0 Å². The zero-order valence-electron chi connectivity index (χ0n) is 23.1. The van der Waals surface area contributed by atoms with Gasteiger partial charge >= 0.3 is 0 Å². The quantitative estimate of drug-likeness (QED) is 0.157. The largest absolute Gasteiger partial charge is 0.248 e. The van der Waals surface area contributed by atoms with Crippen molar-refractivity contribution in [1.29, 1.82) is 0 Å².